The van der Waals surface area contributed by atoms with Crippen LogP contribution in [0.2, 0.25) is 0 Å². The predicted octanol–water partition coefficient (Wildman–Crippen LogP) is 5.04. The summed E-state index contributed by atoms with van der Waals surface area (Å²) in [5, 5.41) is 11.3. The van der Waals surface area contributed by atoms with Crippen LogP contribution in [0, 0.1) is 35.0 Å². The molecule has 2 aromatic carbocycles. The molecule has 0 fully saturated rings. The summed E-state index contributed by atoms with van der Waals surface area (Å²) in [6.07, 6.45) is -0.113. The molecule has 1 unspecified atom stereocenters. The van der Waals surface area contributed by atoms with Crippen LogP contribution in [0.3, 0.4) is 0 Å². The van der Waals surface area contributed by atoms with Crippen molar-refractivity contribution in [3.05, 3.63) is 59.4 Å². The molecule has 0 saturated carbocycles. The summed E-state index contributed by atoms with van der Waals surface area (Å²) < 4.78 is 91.1. The van der Waals surface area contributed by atoms with Crippen LogP contribution in [0.15, 0.2) is 30.3 Å². The number of rotatable bonds is 9. The molecule has 0 heterocycles. The predicted molar refractivity (Wildman–Crippen MR) is 95.6 cm³/mol. The maximum atomic E-state index is 14.0. The molecule has 12 heteroatoms. The normalized spacial score (nSPS) is 14.3. The molecule has 0 aliphatic rings. The minimum absolute atomic E-state index is 0.113. The zero-order chi connectivity index (χ0) is 22.6. The number of para-hydroxylation sites is 1. The first-order chi connectivity index (χ1) is 13.9. The summed E-state index contributed by atoms with van der Waals surface area (Å²) in [5.74, 6) is -15.6. The summed E-state index contributed by atoms with van der Waals surface area (Å²) in [5.41, 5.74) is 0. The Balaban J connectivity index is 2.52. The van der Waals surface area contributed by atoms with Crippen molar-refractivity contribution in [3.63, 3.8) is 0 Å². The maximum Gasteiger partial charge on any atom is 0.513 e. The molecule has 0 bridgehead atoms. The van der Waals surface area contributed by atoms with Gasteiger partial charge in [0.25, 0.3) is 0 Å². The highest BCUT2D eigenvalue weighted by molar-refractivity contribution is 7.52. The Labute approximate surface area is 168 Å². The molecule has 6 nitrogen and oxygen atoms in total. The molecule has 2 N–H and O–H groups in total. The van der Waals surface area contributed by atoms with Crippen LogP contribution in [-0.2, 0) is 9.36 Å². The van der Waals surface area contributed by atoms with E-state index in [1.165, 1.54) is 24.3 Å². The van der Waals surface area contributed by atoms with Gasteiger partial charge < -0.3 is 14.2 Å². The molecule has 2 atom stereocenters. The number of carboxylic acids is 1. The molecule has 164 valence electrons. The molecule has 0 amide bonds. The number of hydrogen-bond acceptors (Lipinski definition) is 4. The van der Waals surface area contributed by atoms with Crippen molar-refractivity contribution in [1.82, 2.24) is 5.09 Å². The molecular formula is C18H17F5NO5P. The lowest BCUT2D eigenvalue weighted by Gasteiger charge is -2.25. The van der Waals surface area contributed by atoms with Gasteiger partial charge in [-0.05, 0) is 24.5 Å². The molecule has 2 aromatic rings. The highest BCUT2D eigenvalue weighted by Gasteiger charge is 2.39. The van der Waals surface area contributed by atoms with E-state index in [0.29, 0.717) is 0 Å². The first-order valence-electron chi connectivity index (χ1n) is 8.51. The lowest BCUT2D eigenvalue weighted by Crippen LogP contribution is -2.38. The number of halogens is 5. The average molecular weight is 453 g/mol. The largest absolute Gasteiger partial charge is 0.513 e. The van der Waals surface area contributed by atoms with Gasteiger partial charge in [-0.2, -0.15) is 13.9 Å². The Morgan fingerprint density at radius 3 is 1.93 bits per heavy atom. The van der Waals surface area contributed by atoms with E-state index in [2.05, 4.69) is 4.52 Å². The van der Waals surface area contributed by atoms with E-state index in [-0.39, 0.29) is 18.1 Å². The minimum Gasteiger partial charge on any atom is -0.480 e. The van der Waals surface area contributed by atoms with Gasteiger partial charge in [0.2, 0.25) is 34.8 Å². The third-order valence-corrected chi connectivity index (χ3v) is 5.17. The fourth-order valence-corrected chi connectivity index (χ4v) is 3.89. The molecule has 0 radical (unpaired) electrons. The number of carboxylic acid groups (broad SMARTS) is 1. The molecule has 0 aliphatic heterocycles. The Hall–Kier alpha value is -2.65. The van der Waals surface area contributed by atoms with Gasteiger partial charge in [0.05, 0.1) is 0 Å². The van der Waals surface area contributed by atoms with Gasteiger partial charge in [-0.3, -0.25) is 4.79 Å². The number of nitrogens with one attached hydrogen (secondary N) is 1. The molecule has 0 saturated heterocycles. The van der Waals surface area contributed by atoms with Crippen molar-refractivity contribution in [2.45, 2.75) is 26.3 Å². The van der Waals surface area contributed by atoms with Gasteiger partial charge in [-0.25, -0.2) is 17.7 Å². The number of benzene rings is 2. The first kappa shape index (κ1) is 23.6. The van der Waals surface area contributed by atoms with Crippen LogP contribution in [0.25, 0.3) is 0 Å². The summed E-state index contributed by atoms with van der Waals surface area (Å²) in [6.45, 7) is 3.29. The van der Waals surface area contributed by atoms with Gasteiger partial charge in [0.15, 0.2) is 0 Å². The van der Waals surface area contributed by atoms with E-state index in [1.807, 2.05) is 5.09 Å². The molecule has 0 spiro atoms. The molecule has 0 aromatic heterocycles. The Kier molecular flexibility index (Phi) is 7.44. The van der Waals surface area contributed by atoms with Gasteiger partial charge >= 0.3 is 13.7 Å². The standard InChI is InChI=1S/C18H17F5NO5P/c1-9(2)8-11(18(25)26)24-30(27,28-10-6-4-3-5-7-10)29-17-15(22)13(20)12(19)14(21)16(17)23/h3-7,9,11H,8H2,1-2H3,(H,24,27)(H,25,26)/t11-,30?/m0/s1. The quantitative estimate of drug-likeness (QED) is 0.240. The monoisotopic (exact) mass is 453 g/mol. The van der Waals surface area contributed by atoms with E-state index in [4.69, 9.17) is 4.52 Å². The average Bonchev–Trinajstić information content (AvgIpc) is 2.68. The van der Waals surface area contributed by atoms with Crippen LogP contribution in [0.1, 0.15) is 20.3 Å². The number of hydrogen-bond donors (Lipinski definition) is 2. The SMILES string of the molecule is CC(C)C[C@H](NP(=O)(Oc1ccccc1)Oc1c(F)c(F)c(F)c(F)c1F)C(=O)O. The third-order valence-electron chi connectivity index (χ3n) is 3.67. The summed E-state index contributed by atoms with van der Waals surface area (Å²) in [4.78, 5) is 11.5. The van der Waals surface area contributed by atoms with E-state index < -0.39 is 54.6 Å². The Bertz CT molecular complexity index is 944. The second kappa shape index (κ2) is 9.44. The van der Waals surface area contributed by atoms with Crippen molar-refractivity contribution < 1.29 is 45.5 Å². The van der Waals surface area contributed by atoms with Gasteiger partial charge in [-0.15, -0.1) is 0 Å². The van der Waals surface area contributed by atoms with Gasteiger partial charge in [0.1, 0.15) is 11.8 Å². The van der Waals surface area contributed by atoms with Crippen molar-refractivity contribution in [2.24, 2.45) is 5.92 Å². The van der Waals surface area contributed by atoms with Crippen LogP contribution in [-0.4, -0.2) is 17.1 Å². The van der Waals surface area contributed by atoms with Gasteiger partial charge in [-0.1, -0.05) is 32.0 Å². The Morgan fingerprint density at radius 2 is 1.47 bits per heavy atom. The second-order valence-electron chi connectivity index (χ2n) is 6.54. The molecule has 30 heavy (non-hydrogen) atoms. The van der Waals surface area contributed by atoms with Crippen LogP contribution in [0.5, 0.6) is 11.5 Å². The number of carbonyl (C=O) groups is 1. The maximum absolute atomic E-state index is 14.0. The van der Waals surface area contributed by atoms with Crippen molar-refractivity contribution in [1.29, 1.82) is 0 Å². The second-order valence-corrected chi connectivity index (χ2v) is 8.16. The number of aliphatic carboxylic acids is 1. The lowest BCUT2D eigenvalue weighted by atomic mass is 10.1. The fourth-order valence-electron chi connectivity index (χ4n) is 2.35. The zero-order valence-corrected chi connectivity index (χ0v) is 16.6. The smallest absolute Gasteiger partial charge is 0.480 e. The summed E-state index contributed by atoms with van der Waals surface area (Å²) in [7, 11) is -5.00. The molecular weight excluding hydrogens is 436 g/mol. The molecule has 2 rings (SSSR count). The van der Waals surface area contributed by atoms with Crippen LogP contribution < -0.4 is 14.1 Å². The summed E-state index contributed by atoms with van der Waals surface area (Å²) >= 11 is 0. The van der Waals surface area contributed by atoms with E-state index in [1.54, 1.807) is 19.9 Å². The van der Waals surface area contributed by atoms with Gasteiger partial charge in [0, 0.05) is 0 Å². The van der Waals surface area contributed by atoms with Crippen molar-refractivity contribution in [3.8, 4) is 11.5 Å². The van der Waals surface area contributed by atoms with E-state index in [9.17, 15) is 36.4 Å². The molecule has 0 aliphatic carbocycles. The Morgan fingerprint density at radius 1 is 0.967 bits per heavy atom. The topological polar surface area (TPSA) is 84.9 Å². The van der Waals surface area contributed by atoms with Crippen molar-refractivity contribution >= 4 is 13.7 Å². The van der Waals surface area contributed by atoms with Crippen molar-refractivity contribution in [2.75, 3.05) is 0 Å². The van der Waals surface area contributed by atoms with E-state index in [0.717, 1.165) is 0 Å². The zero-order valence-electron chi connectivity index (χ0n) is 15.7. The lowest BCUT2D eigenvalue weighted by molar-refractivity contribution is -0.139. The third kappa shape index (κ3) is 5.48. The first-order valence-corrected chi connectivity index (χ1v) is 10.1. The minimum atomic E-state index is -5.00. The summed E-state index contributed by atoms with van der Waals surface area (Å²) in [6, 6.07) is 5.35. The highest BCUT2D eigenvalue weighted by atomic mass is 31.2. The fraction of sp³-hybridized carbons (Fsp3) is 0.278. The highest BCUT2D eigenvalue weighted by Crippen LogP contribution is 2.47. The van der Waals surface area contributed by atoms with E-state index >= 15 is 0 Å². The van der Waals surface area contributed by atoms with Crippen LogP contribution in [0.4, 0.5) is 22.0 Å². The van der Waals surface area contributed by atoms with Crippen LogP contribution >= 0.6 is 7.75 Å².